The molecule has 0 atom stereocenters. The Morgan fingerprint density at radius 3 is 2.38 bits per heavy atom. The lowest BCUT2D eigenvalue weighted by Crippen LogP contribution is -2.00. The van der Waals surface area contributed by atoms with Crippen LogP contribution in [0.5, 0.6) is 0 Å². The predicted octanol–water partition coefficient (Wildman–Crippen LogP) is 2.86. The average Bonchev–Trinajstić information content (AvgIpc) is 2.99. The predicted molar refractivity (Wildman–Crippen MR) is 83.0 cm³/mol. The van der Waals surface area contributed by atoms with E-state index in [4.69, 9.17) is 5.73 Å². The number of benzene rings is 2. The molecule has 5 heteroatoms. The lowest BCUT2D eigenvalue weighted by Gasteiger charge is -2.06. The maximum Gasteiger partial charge on any atom is 0.187 e. The Hall–Kier alpha value is -2.69. The monoisotopic (exact) mass is 279 g/mol. The van der Waals surface area contributed by atoms with Crippen molar-refractivity contribution in [2.24, 2.45) is 0 Å². The quantitative estimate of drug-likeness (QED) is 0.745. The summed E-state index contributed by atoms with van der Waals surface area (Å²) in [4.78, 5) is 0. The van der Waals surface area contributed by atoms with Crippen LogP contribution in [-0.4, -0.2) is 20.2 Å². The Morgan fingerprint density at radius 1 is 1.00 bits per heavy atom. The van der Waals surface area contributed by atoms with Crippen molar-refractivity contribution in [3.63, 3.8) is 0 Å². The number of nitrogens with zero attached hydrogens (tertiary/aromatic N) is 4. The molecule has 0 amide bonds. The fourth-order valence-corrected chi connectivity index (χ4v) is 2.27. The number of aromatic nitrogens is 4. The Bertz CT molecular complexity index is 713. The Morgan fingerprint density at radius 2 is 1.71 bits per heavy atom. The normalized spacial score (nSPS) is 10.7. The fraction of sp³-hybridized carbons (Fsp3) is 0.188. The number of rotatable bonds is 4. The van der Waals surface area contributed by atoms with E-state index in [-0.39, 0.29) is 0 Å². The van der Waals surface area contributed by atoms with Gasteiger partial charge >= 0.3 is 0 Å². The van der Waals surface area contributed by atoms with E-state index in [0.29, 0.717) is 5.82 Å². The van der Waals surface area contributed by atoms with E-state index in [9.17, 15) is 0 Å². The second-order valence-corrected chi connectivity index (χ2v) is 4.95. The molecule has 1 heterocycles. The number of nitrogen functional groups attached to an aromatic ring is 1. The van der Waals surface area contributed by atoms with Crippen LogP contribution in [0.3, 0.4) is 0 Å². The largest absolute Gasteiger partial charge is 0.399 e. The first-order valence-electron chi connectivity index (χ1n) is 7.01. The van der Waals surface area contributed by atoms with Crippen molar-refractivity contribution in [1.82, 2.24) is 20.2 Å². The van der Waals surface area contributed by atoms with Crippen molar-refractivity contribution in [2.45, 2.75) is 19.8 Å². The zero-order valence-electron chi connectivity index (χ0n) is 11.9. The lowest BCUT2D eigenvalue weighted by molar-refractivity contribution is 0.790. The van der Waals surface area contributed by atoms with Crippen LogP contribution in [0.2, 0.25) is 0 Å². The van der Waals surface area contributed by atoms with Gasteiger partial charge in [0.15, 0.2) is 5.82 Å². The van der Waals surface area contributed by atoms with Crippen LogP contribution in [0.15, 0.2) is 48.5 Å². The molecule has 21 heavy (non-hydrogen) atoms. The maximum atomic E-state index is 5.72. The van der Waals surface area contributed by atoms with E-state index in [1.165, 1.54) is 5.56 Å². The molecule has 0 saturated carbocycles. The molecule has 0 unspecified atom stereocenters. The summed E-state index contributed by atoms with van der Waals surface area (Å²) < 4.78 is 1.74. The van der Waals surface area contributed by atoms with Gasteiger partial charge in [-0.25, -0.2) is 0 Å². The number of anilines is 1. The van der Waals surface area contributed by atoms with Gasteiger partial charge in [0, 0.05) is 11.3 Å². The minimum absolute atomic E-state index is 0.707. The summed E-state index contributed by atoms with van der Waals surface area (Å²) in [7, 11) is 0. The molecule has 106 valence electrons. The molecule has 0 fully saturated rings. The molecular weight excluding hydrogens is 262 g/mol. The summed E-state index contributed by atoms with van der Waals surface area (Å²) in [5.41, 5.74) is 9.65. The highest BCUT2D eigenvalue weighted by atomic mass is 15.5. The van der Waals surface area contributed by atoms with Crippen molar-refractivity contribution in [1.29, 1.82) is 0 Å². The third kappa shape index (κ3) is 2.76. The van der Waals surface area contributed by atoms with Crippen LogP contribution in [0.4, 0.5) is 5.69 Å². The van der Waals surface area contributed by atoms with Crippen molar-refractivity contribution >= 4 is 5.69 Å². The summed E-state index contributed by atoms with van der Waals surface area (Å²) in [6, 6.07) is 15.9. The zero-order valence-corrected chi connectivity index (χ0v) is 11.9. The number of tetrazole rings is 1. The molecule has 2 N–H and O–H groups in total. The van der Waals surface area contributed by atoms with Crippen molar-refractivity contribution in [3.05, 3.63) is 54.1 Å². The molecule has 5 nitrogen and oxygen atoms in total. The van der Waals surface area contributed by atoms with Crippen molar-refractivity contribution in [3.8, 4) is 17.1 Å². The van der Waals surface area contributed by atoms with Crippen LogP contribution in [-0.2, 0) is 6.42 Å². The van der Waals surface area contributed by atoms with Gasteiger partial charge in [-0.05, 0) is 58.8 Å². The summed E-state index contributed by atoms with van der Waals surface area (Å²) in [5.74, 6) is 0.707. The van der Waals surface area contributed by atoms with E-state index in [1.54, 1.807) is 4.68 Å². The van der Waals surface area contributed by atoms with Crippen LogP contribution in [0.1, 0.15) is 18.9 Å². The topological polar surface area (TPSA) is 69.6 Å². The highest BCUT2D eigenvalue weighted by Crippen LogP contribution is 2.20. The zero-order chi connectivity index (χ0) is 14.7. The van der Waals surface area contributed by atoms with E-state index in [0.717, 1.165) is 29.8 Å². The standard InChI is InChI=1S/C16H17N5/c1-2-3-12-4-10-15(11-5-12)21-16(18-19-20-21)13-6-8-14(17)9-7-13/h4-11H,2-3,17H2,1H3. The van der Waals surface area contributed by atoms with Gasteiger partial charge in [0.25, 0.3) is 0 Å². The van der Waals surface area contributed by atoms with Gasteiger partial charge in [0.05, 0.1) is 5.69 Å². The van der Waals surface area contributed by atoms with Crippen LogP contribution in [0.25, 0.3) is 17.1 Å². The Labute approximate surface area is 123 Å². The van der Waals surface area contributed by atoms with Gasteiger partial charge in [-0.1, -0.05) is 25.5 Å². The molecule has 0 radical (unpaired) electrons. The van der Waals surface area contributed by atoms with Gasteiger partial charge in [-0.3, -0.25) is 0 Å². The van der Waals surface area contributed by atoms with Crippen molar-refractivity contribution < 1.29 is 0 Å². The summed E-state index contributed by atoms with van der Waals surface area (Å²) >= 11 is 0. The van der Waals surface area contributed by atoms with Gasteiger partial charge < -0.3 is 5.73 Å². The van der Waals surface area contributed by atoms with E-state index < -0.39 is 0 Å². The summed E-state index contributed by atoms with van der Waals surface area (Å²) in [6.07, 6.45) is 2.22. The first-order valence-corrected chi connectivity index (χ1v) is 7.01. The summed E-state index contributed by atoms with van der Waals surface area (Å²) in [5, 5.41) is 12.0. The van der Waals surface area contributed by atoms with Gasteiger partial charge in [-0.2, -0.15) is 4.68 Å². The van der Waals surface area contributed by atoms with Gasteiger partial charge in [0.2, 0.25) is 0 Å². The van der Waals surface area contributed by atoms with Crippen LogP contribution >= 0.6 is 0 Å². The summed E-state index contributed by atoms with van der Waals surface area (Å²) in [6.45, 7) is 2.18. The molecule has 0 aliphatic heterocycles. The smallest absolute Gasteiger partial charge is 0.187 e. The van der Waals surface area contributed by atoms with Gasteiger partial charge in [0.1, 0.15) is 0 Å². The minimum atomic E-state index is 0.707. The van der Waals surface area contributed by atoms with E-state index in [2.05, 4.69) is 34.6 Å². The third-order valence-corrected chi connectivity index (χ3v) is 3.36. The second-order valence-electron chi connectivity index (χ2n) is 4.95. The minimum Gasteiger partial charge on any atom is -0.399 e. The molecule has 3 aromatic rings. The maximum absolute atomic E-state index is 5.72. The first-order chi connectivity index (χ1) is 10.3. The van der Waals surface area contributed by atoms with Gasteiger partial charge in [-0.15, -0.1) is 5.10 Å². The highest BCUT2D eigenvalue weighted by Gasteiger charge is 2.10. The molecule has 3 rings (SSSR count). The molecule has 0 bridgehead atoms. The third-order valence-electron chi connectivity index (χ3n) is 3.36. The van der Waals surface area contributed by atoms with E-state index in [1.807, 2.05) is 36.4 Å². The Balaban J connectivity index is 1.96. The fourth-order valence-electron chi connectivity index (χ4n) is 2.27. The molecule has 0 aliphatic rings. The first kappa shape index (κ1) is 13.3. The number of hydrogen-bond donors (Lipinski definition) is 1. The molecular formula is C16H17N5. The molecule has 1 aromatic heterocycles. The van der Waals surface area contributed by atoms with Crippen molar-refractivity contribution in [2.75, 3.05) is 5.73 Å². The molecule has 0 saturated heterocycles. The second kappa shape index (κ2) is 5.75. The number of aryl methyl sites for hydroxylation is 1. The number of hydrogen-bond acceptors (Lipinski definition) is 4. The molecule has 2 aromatic carbocycles. The SMILES string of the molecule is CCCc1ccc(-n2nnnc2-c2ccc(N)cc2)cc1. The highest BCUT2D eigenvalue weighted by molar-refractivity contribution is 5.60. The average molecular weight is 279 g/mol. The molecule has 0 spiro atoms. The molecule has 0 aliphatic carbocycles. The van der Waals surface area contributed by atoms with Crippen LogP contribution < -0.4 is 5.73 Å². The number of nitrogens with two attached hydrogens (primary N) is 1. The van der Waals surface area contributed by atoms with E-state index >= 15 is 0 Å². The lowest BCUT2D eigenvalue weighted by atomic mass is 10.1. The Kier molecular flexibility index (Phi) is 3.64. The van der Waals surface area contributed by atoms with Crippen LogP contribution in [0, 0.1) is 0 Å².